The lowest BCUT2D eigenvalue weighted by Crippen LogP contribution is -2.18. The number of carbonyl (C=O) groups is 1. The fraction of sp³-hybridized carbons (Fsp3) is 0.389. The minimum Gasteiger partial charge on any atom is -0.481 e. The van der Waals surface area contributed by atoms with Crippen molar-refractivity contribution in [3.05, 3.63) is 44.6 Å². The first kappa shape index (κ1) is 17.3. The molecular formula is C18H19BrN2O2S. The van der Waals surface area contributed by atoms with Gasteiger partial charge in [-0.1, -0.05) is 40.3 Å². The molecule has 24 heavy (non-hydrogen) atoms. The first-order valence-electron chi connectivity index (χ1n) is 8.16. The summed E-state index contributed by atoms with van der Waals surface area (Å²) in [6.45, 7) is 0.655. The van der Waals surface area contributed by atoms with Gasteiger partial charge in [0.2, 0.25) is 0 Å². The van der Waals surface area contributed by atoms with Crippen LogP contribution in [0.15, 0.2) is 28.7 Å². The highest BCUT2D eigenvalue weighted by Crippen LogP contribution is 2.28. The van der Waals surface area contributed by atoms with E-state index in [-0.39, 0.29) is 6.42 Å². The Morgan fingerprint density at radius 3 is 2.67 bits per heavy atom. The third-order valence-corrected chi connectivity index (χ3v) is 5.23. The molecule has 0 aliphatic heterocycles. The molecule has 1 aliphatic carbocycles. The second-order valence-corrected chi connectivity index (χ2v) is 7.33. The zero-order valence-electron chi connectivity index (χ0n) is 13.3. The lowest BCUT2D eigenvalue weighted by Gasteiger charge is -2.24. The number of fused-ring (bicyclic) bond motifs is 1. The number of benzene rings is 1. The molecule has 0 amide bonds. The molecule has 1 aromatic heterocycles. The largest absolute Gasteiger partial charge is 0.481 e. The van der Waals surface area contributed by atoms with E-state index >= 15 is 0 Å². The Morgan fingerprint density at radius 1 is 1.25 bits per heavy atom. The van der Waals surface area contributed by atoms with Crippen LogP contribution in [0.4, 0.5) is 0 Å². The second kappa shape index (κ2) is 7.57. The van der Waals surface area contributed by atoms with Crippen molar-refractivity contribution < 1.29 is 9.90 Å². The molecule has 0 saturated heterocycles. The Labute approximate surface area is 154 Å². The number of carboxylic acids is 1. The average Bonchev–Trinajstić information content (AvgIpc) is 2.57. The molecule has 1 heterocycles. The maximum atomic E-state index is 10.9. The Balaban J connectivity index is 2.08. The highest BCUT2D eigenvalue weighted by atomic mass is 79.9. The van der Waals surface area contributed by atoms with Crippen LogP contribution in [-0.4, -0.2) is 20.6 Å². The Morgan fingerprint density at radius 2 is 1.96 bits per heavy atom. The monoisotopic (exact) mass is 406 g/mol. The molecule has 4 nitrogen and oxygen atoms in total. The van der Waals surface area contributed by atoms with Crippen LogP contribution in [0.5, 0.6) is 0 Å². The number of hydrogen-bond donors (Lipinski definition) is 1. The van der Waals surface area contributed by atoms with E-state index in [1.807, 2.05) is 24.3 Å². The Hall–Kier alpha value is -1.53. The van der Waals surface area contributed by atoms with E-state index in [4.69, 9.17) is 22.3 Å². The molecule has 1 N–H and O–H groups in total. The maximum Gasteiger partial charge on any atom is 0.303 e. The molecule has 1 aliphatic rings. The zero-order chi connectivity index (χ0) is 17.1. The van der Waals surface area contributed by atoms with Gasteiger partial charge in [0.25, 0.3) is 0 Å². The van der Waals surface area contributed by atoms with Crippen molar-refractivity contribution in [2.75, 3.05) is 0 Å². The number of hydrogen-bond acceptors (Lipinski definition) is 3. The van der Waals surface area contributed by atoms with Gasteiger partial charge in [-0.15, -0.1) is 0 Å². The average molecular weight is 407 g/mol. The Kier molecular flexibility index (Phi) is 5.46. The van der Waals surface area contributed by atoms with E-state index in [2.05, 4.69) is 20.5 Å². The van der Waals surface area contributed by atoms with E-state index in [0.717, 1.165) is 41.5 Å². The van der Waals surface area contributed by atoms with Gasteiger partial charge in [-0.25, -0.2) is 4.98 Å². The van der Waals surface area contributed by atoms with Gasteiger partial charge < -0.3 is 9.67 Å². The van der Waals surface area contributed by atoms with Gasteiger partial charge in [0.1, 0.15) is 10.5 Å². The molecule has 0 saturated carbocycles. The lowest BCUT2D eigenvalue weighted by molar-refractivity contribution is -0.137. The standard InChI is InChI=1S/C18H19BrN2O2S/c19-13-9-7-12(8-10-13)17-20-18(24)14-4-1-2-5-15(14)21(17)11-3-6-16(22)23/h7-10H,1-6,11H2,(H,22,23). The van der Waals surface area contributed by atoms with Gasteiger partial charge in [-0.05, 0) is 44.2 Å². The molecule has 1 aromatic carbocycles. The third kappa shape index (κ3) is 3.75. The summed E-state index contributed by atoms with van der Waals surface area (Å²) in [6.07, 6.45) is 5.00. The summed E-state index contributed by atoms with van der Waals surface area (Å²) in [6, 6.07) is 8.01. The fourth-order valence-corrected chi connectivity index (χ4v) is 3.79. The molecule has 126 valence electrons. The number of halogens is 1. The second-order valence-electron chi connectivity index (χ2n) is 6.03. The lowest BCUT2D eigenvalue weighted by atomic mass is 9.96. The molecule has 0 unspecified atom stereocenters. The SMILES string of the molecule is O=C(O)CCCn1c(-c2ccc(Br)cc2)nc(=S)c2c1CCCC2. The summed E-state index contributed by atoms with van der Waals surface area (Å²) in [5.74, 6) is 0.0843. The summed E-state index contributed by atoms with van der Waals surface area (Å²) >= 11 is 8.99. The molecule has 0 radical (unpaired) electrons. The Bertz CT molecular complexity index is 815. The van der Waals surface area contributed by atoms with Gasteiger partial charge in [0, 0.05) is 34.3 Å². The van der Waals surface area contributed by atoms with Crippen molar-refractivity contribution in [3.63, 3.8) is 0 Å². The highest BCUT2D eigenvalue weighted by Gasteiger charge is 2.19. The summed E-state index contributed by atoms with van der Waals surface area (Å²) in [5, 5.41) is 8.94. The maximum absolute atomic E-state index is 10.9. The summed E-state index contributed by atoms with van der Waals surface area (Å²) in [7, 11) is 0. The number of carboxylic acid groups (broad SMARTS) is 1. The number of aliphatic carboxylic acids is 1. The first-order chi connectivity index (χ1) is 11.6. The molecule has 6 heteroatoms. The van der Waals surface area contributed by atoms with E-state index in [9.17, 15) is 4.79 Å². The van der Waals surface area contributed by atoms with Crippen LogP contribution in [0, 0.1) is 4.64 Å². The van der Waals surface area contributed by atoms with Crippen molar-refractivity contribution in [2.45, 2.75) is 45.1 Å². The fourth-order valence-electron chi connectivity index (χ4n) is 3.22. The van der Waals surface area contributed by atoms with E-state index in [0.29, 0.717) is 17.6 Å². The van der Waals surface area contributed by atoms with Crippen LogP contribution in [0.2, 0.25) is 0 Å². The predicted octanol–water partition coefficient (Wildman–Crippen LogP) is 4.79. The van der Waals surface area contributed by atoms with Crippen molar-refractivity contribution in [2.24, 2.45) is 0 Å². The van der Waals surface area contributed by atoms with Gasteiger partial charge in [-0.2, -0.15) is 0 Å². The molecule has 2 aromatic rings. The minimum absolute atomic E-state index is 0.164. The number of nitrogens with zero attached hydrogens (tertiary/aromatic N) is 2. The minimum atomic E-state index is -0.762. The molecule has 0 spiro atoms. The van der Waals surface area contributed by atoms with Crippen LogP contribution in [0.1, 0.15) is 36.9 Å². The molecule has 3 rings (SSSR count). The number of rotatable bonds is 5. The highest BCUT2D eigenvalue weighted by molar-refractivity contribution is 9.10. The molecular weight excluding hydrogens is 388 g/mol. The van der Waals surface area contributed by atoms with Crippen molar-refractivity contribution >= 4 is 34.1 Å². The van der Waals surface area contributed by atoms with E-state index in [1.165, 1.54) is 11.3 Å². The zero-order valence-corrected chi connectivity index (χ0v) is 15.7. The van der Waals surface area contributed by atoms with Crippen molar-refractivity contribution in [3.8, 4) is 11.4 Å². The van der Waals surface area contributed by atoms with E-state index < -0.39 is 5.97 Å². The van der Waals surface area contributed by atoms with Gasteiger partial charge >= 0.3 is 5.97 Å². The quantitative estimate of drug-likeness (QED) is 0.725. The van der Waals surface area contributed by atoms with Crippen LogP contribution >= 0.6 is 28.1 Å². The van der Waals surface area contributed by atoms with Gasteiger partial charge in [0.05, 0.1) is 0 Å². The topological polar surface area (TPSA) is 55.1 Å². The van der Waals surface area contributed by atoms with Crippen LogP contribution in [0.25, 0.3) is 11.4 Å². The van der Waals surface area contributed by atoms with E-state index in [1.54, 1.807) is 0 Å². The summed E-state index contributed by atoms with van der Waals surface area (Å²) in [5.41, 5.74) is 3.42. The van der Waals surface area contributed by atoms with Crippen LogP contribution in [0.3, 0.4) is 0 Å². The smallest absolute Gasteiger partial charge is 0.303 e. The van der Waals surface area contributed by atoms with Crippen LogP contribution < -0.4 is 0 Å². The normalized spacial score (nSPS) is 13.5. The van der Waals surface area contributed by atoms with Gasteiger partial charge in [-0.3, -0.25) is 4.79 Å². The molecule has 0 atom stereocenters. The summed E-state index contributed by atoms with van der Waals surface area (Å²) < 4.78 is 3.90. The van der Waals surface area contributed by atoms with Crippen molar-refractivity contribution in [1.82, 2.24) is 9.55 Å². The molecule has 0 fully saturated rings. The third-order valence-electron chi connectivity index (χ3n) is 4.36. The first-order valence-corrected chi connectivity index (χ1v) is 9.36. The number of aromatic nitrogens is 2. The van der Waals surface area contributed by atoms with Crippen LogP contribution in [-0.2, 0) is 24.2 Å². The van der Waals surface area contributed by atoms with Gasteiger partial charge in [0.15, 0.2) is 0 Å². The summed E-state index contributed by atoms with van der Waals surface area (Å²) in [4.78, 5) is 15.6. The van der Waals surface area contributed by atoms with Crippen molar-refractivity contribution in [1.29, 1.82) is 0 Å². The predicted molar refractivity (Wildman–Crippen MR) is 99.7 cm³/mol. The molecule has 0 bridgehead atoms.